The molecule has 0 radical (unpaired) electrons. The molecule has 0 fully saturated rings. The molecule has 0 N–H and O–H groups in total. The summed E-state index contributed by atoms with van der Waals surface area (Å²) in [5, 5.41) is 0. The SMILES string of the molecule is CN1C=CC=CC=C1c1ccccc1.[H+]. The number of rotatable bonds is 1. The standard InChI is InChI=1S/C13H13N/c1-14-11-7-3-6-10-13(14)12-8-4-2-5-9-12/h2-11H,1H3/p+1. The lowest BCUT2D eigenvalue weighted by Crippen LogP contribution is -2.07. The van der Waals surface area contributed by atoms with E-state index in [4.69, 9.17) is 0 Å². The maximum Gasteiger partial charge on any atom is 1.00 e. The van der Waals surface area contributed by atoms with Crippen molar-refractivity contribution >= 4 is 5.70 Å². The van der Waals surface area contributed by atoms with Crippen LogP contribution < -0.4 is 0 Å². The maximum absolute atomic E-state index is 2.12. The molecule has 1 aliphatic heterocycles. The zero-order chi connectivity index (χ0) is 9.80. The average Bonchev–Trinajstić information content (AvgIpc) is 2.44. The van der Waals surface area contributed by atoms with Crippen molar-refractivity contribution < 1.29 is 1.43 Å². The van der Waals surface area contributed by atoms with Gasteiger partial charge in [-0.05, 0) is 17.7 Å². The molecule has 0 spiro atoms. The minimum Gasteiger partial charge on any atom is -0.351 e. The van der Waals surface area contributed by atoms with Crippen molar-refractivity contribution in [1.29, 1.82) is 0 Å². The summed E-state index contributed by atoms with van der Waals surface area (Å²) in [5.74, 6) is 0. The molecule has 2 rings (SSSR count). The third kappa shape index (κ3) is 1.77. The molecule has 0 saturated heterocycles. The van der Waals surface area contributed by atoms with E-state index in [-0.39, 0.29) is 1.43 Å². The molecule has 1 heterocycles. The molecule has 0 amide bonds. The molecule has 1 aromatic carbocycles. The second kappa shape index (κ2) is 3.97. The van der Waals surface area contributed by atoms with Crippen molar-refractivity contribution in [3.8, 4) is 0 Å². The van der Waals surface area contributed by atoms with Crippen LogP contribution in [-0.4, -0.2) is 11.9 Å². The van der Waals surface area contributed by atoms with Crippen LogP contribution >= 0.6 is 0 Å². The summed E-state index contributed by atoms with van der Waals surface area (Å²) in [4.78, 5) is 2.12. The minimum atomic E-state index is 0. The molecule has 0 aliphatic carbocycles. The van der Waals surface area contributed by atoms with E-state index in [2.05, 4.69) is 54.6 Å². The Balaban J connectivity index is 0.00000112. The lowest BCUT2D eigenvalue weighted by Gasteiger charge is -2.17. The molecule has 1 nitrogen and oxygen atoms in total. The highest BCUT2D eigenvalue weighted by Gasteiger charge is 2.03. The summed E-state index contributed by atoms with van der Waals surface area (Å²) in [6.45, 7) is 0. The Morgan fingerprint density at radius 2 is 1.79 bits per heavy atom. The molecule has 14 heavy (non-hydrogen) atoms. The summed E-state index contributed by atoms with van der Waals surface area (Å²) in [7, 11) is 2.06. The summed E-state index contributed by atoms with van der Waals surface area (Å²) in [6, 6.07) is 10.4. The molecule has 1 heteroatoms. The van der Waals surface area contributed by atoms with E-state index in [1.807, 2.05) is 18.2 Å². The normalized spacial score (nSPS) is 15.2. The zero-order valence-corrected chi connectivity index (χ0v) is 8.22. The van der Waals surface area contributed by atoms with E-state index in [9.17, 15) is 0 Å². The van der Waals surface area contributed by atoms with Gasteiger partial charge in [0.25, 0.3) is 0 Å². The molecule has 0 bridgehead atoms. The van der Waals surface area contributed by atoms with Gasteiger partial charge >= 0.3 is 1.43 Å². The van der Waals surface area contributed by atoms with Gasteiger partial charge in [0.15, 0.2) is 0 Å². The van der Waals surface area contributed by atoms with E-state index in [1.165, 1.54) is 11.3 Å². The molecule has 0 aromatic heterocycles. The van der Waals surface area contributed by atoms with Gasteiger partial charge < -0.3 is 4.90 Å². The Morgan fingerprint density at radius 1 is 1.00 bits per heavy atom. The van der Waals surface area contributed by atoms with Crippen LogP contribution in [0.5, 0.6) is 0 Å². The van der Waals surface area contributed by atoms with E-state index in [0.717, 1.165) is 0 Å². The van der Waals surface area contributed by atoms with Crippen LogP contribution in [-0.2, 0) is 0 Å². The Labute approximate surface area is 86.2 Å². The van der Waals surface area contributed by atoms with Gasteiger partial charge in [0, 0.05) is 18.9 Å². The molecule has 0 saturated carbocycles. The highest BCUT2D eigenvalue weighted by Crippen LogP contribution is 2.19. The summed E-state index contributed by atoms with van der Waals surface area (Å²) in [6.07, 6.45) is 10.3. The van der Waals surface area contributed by atoms with Crippen molar-refractivity contribution in [2.45, 2.75) is 0 Å². The van der Waals surface area contributed by atoms with Crippen LogP contribution in [0.2, 0.25) is 0 Å². The third-order valence-corrected chi connectivity index (χ3v) is 2.24. The van der Waals surface area contributed by atoms with Gasteiger partial charge in [-0.1, -0.05) is 42.5 Å². The fourth-order valence-electron chi connectivity index (χ4n) is 1.50. The van der Waals surface area contributed by atoms with Gasteiger partial charge in [0.05, 0.1) is 0 Å². The van der Waals surface area contributed by atoms with E-state index < -0.39 is 0 Å². The lowest BCUT2D eigenvalue weighted by atomic mass is 10.1. The van der Waals surface area contributed by atoms with Crippen LogP contribution in [0.1, 0.15) is 6.99 Å². The smallest absolute Gasteiger partial charge is 0.351 e. The number of allylic oxidation sites excluding steroid dienone is 4. The van der Waals surface area contributed by atoms with Crippen LogP contribution in [0.15, 0.2) is 60.8 Å². The predicted octanol–water partition coefficient (Wildman–Crippen LogP) is 3.16. The first-order valence-corrected chi connectivity index (χ1v) is 4.71. The second-order valence-corrected chi connectivity index (χ2v) is 3.26. The topological polar surface area (TPSA) is 3.24 Å². The third-order valence-electron chi connectivity index (χ3n) is 2.24. The first kappa shape index (κ1) is 8.82. The van der Waals surface area contributed by atoms with Gasteiger partial charge in [-0.3, -0.25) is 0 Å². The van der Waals surface area contributed by atoms with Crippen LogP contribution in [0.25, 0.3) is 5.70 Å². The van der Waals surface area contributed by atoms with Crippen molar-refractivity contribution in [3.63, 3.8) is 0 Å². The fourth-order valence-corrected chi connectivity index (χ4v) is 1.50. The van der Waals surface area contributed by atoms with Crippen molar-refractivity contribution in [2.24, 2.45) is 0 Å². The van der Waals surface area contributed by atoms with Crippen molar-refractivity contribution in [2.75, 3.05) is 7.05 Å². The molecule has 70 valence electrons. The largest absolute Gasteiger partial charge is 1.00 e. The first-order chi connectivity index (χ1) is 6.88. The molecule has 0 unspecified atom stereocenters. The quantitative estimate of drug-likeness (QED) is 0.648. The second-order valence-electron chi connectivity index (χ2n) is 3.26. The zero-order valence-electron chi connectivity index (χ0n) is 9.22. The first-order valence-electron chi connectivity index (χ1n) is 4.71. The van der Waals surface area contributed by atoms with Gasteiger partial charge in [-0.25, -0.2) is 0 Å². The van der Waals surface area contributed by atoms with Crippen LogP contribution in [0.4, 0.5) is 0 Å². The molecular weight excluding hydrogens is 170 g/mol. The summed E-state index contributed by atoms with van der Waals surface area (Å²) >= 11 is 0. The molecule has 0 atom stereocenters. The van der Waals surface area contributed by atoms with E-state index in [0.29, 0.717) is 0 Å². The number of hydrogen-bond donors (Lipinski definition) is 0. The average molecular weight is 184 g/mol. The maximum atomic E-state index is 2.12. The van der Waals surface area contributed by atoms with Crippen LogP contribution in [0, 0.1) is 0 Å². The molecular formula is C13H14N+. The predicted molar refractivity (Wildman–Crippen MR) is 61.6 cm³/mol. The van der Waals surface area contributed by atoms with Gasteiger partial charge in [-0.2, -0.15) is 0 Å². The Morgan fingerprint density at radius 3 is 2.57 bits per heavy atom. The number of hydrogen-bond acceptors (Lipinski definition) is 1. The highest BCUT2D eigenvalue weighted by molar-refractivity contribution is 5.66. The van der Waals surface area contributed by atoms with Gasteiger partial charge in [-0.15, -0.1) is 0 Å². The number of benzene rings is 1. The molecule has 1 aromatic rings. The highest BCUT2D eigenvalue weighted by atomic mass is 15.1. The van der Waals surface area contributed by atoms with E-state index >= 15 is 0 Å². The fraction of sp³-hybridized carbons (Fsp3) is 0.0769. The monoisotopic (exact) mass is 184 g/mol. The molecule has 1 aliphatic rings. The van der Waals surface area contributed by atoms with Crippen molar-refractivity contribution in [1.82, 2.24) is 4.90 Å². The van der Waals surface area contributed by atoms with Crippen molar-refractivity contribution in [3.05, 3.63) is 66.4 Å². The minimum absolute atomic E-state index is 0. The van der Waals surface area contributed by atoms with Crippen LogP contribution in [0.3, 0.4) is 0 Å². The Kier molecular flexibility index (Phi) is 2.50. The number of nitrogens with zero attached hydrogens (tertiary/aromatic N) is 1. The summed E-state index contributed by atoms with van der Waals surface area (Å²) in [5.41, 5.74) is 2.46. The van der Waals surface area contributed by atoms with E-state index in [1.54, 1.807) is 0 Å². The lowest BCUT2D eigenvalue weighted by molar-refractivity contribution is 0.656. The van der Waals surface area contributed by atoms with Gasteiger partial charge in [0.1, 0.15) is 0 Å². The van der Waals surface area contributed by atoms with Gasteiger partial charge in [0.2, 0.25) is 0 Å². The Hall–Kier alpha value is -1.76. The Bertz CT molecular complexity index is 390. The summed E-state index contributed by atoms with van der Waals surface area (Å²) < 4.78 is 0.